The number of carbonyl (C=O) groups is 1. The first-order valence-electron chi connectivity index (χ1n) is 6.53. The molecule has 7 nitrogen and oxygen atoms in total. The fourth-order valence-electron chi connectivity index (χ4n) is 2.51. The highest BCUT2D eigenvalue weighted by Crippen LogP contribution is 2.26. The molecule has 108 valence electrons. The maximum atomic E-state index is 11.1. The molecule has 21 heavy (non-hydrogen) atoms. The minimum absolute atomic E-state index is 0.292. The number of fused-ring (bicyclic) bond motifs is 1. The quantitative estimate of drug-likeness (QED) is 0.788. The van der Waals surface area contributed by atoms with Gasteiger partial charge in [-0.15, -0.1) is 10.2 Å². The van der Waals surface area contributed by atoms with Crippen molar-refractivity contribution < 1.29 is 9.90 Å². The summed E-state index contributed by atoms with van der Waals surface area (Å²) in [5.41, 5.74) is 3.40. The largest absolute Gasteiger partial charge is 0.478 e. The summed E-state index contributed by atoms with van der Waals surface area (Å²) in [6, 6.07) is 5.15. The van der Waals surface area contributed by atoms with E-state index in [-0.39, 0.29) is 0 Å². The number of aryl methyl sites for hydroxylation is 2. The van der Waals surface area contributed by atoms with Gasteiger partial charge in [-0.05, 0) is 42.8 Å². The molecule has 0 fully saturated rings. The molecule has 0 saturated carbocycles. The molecule has 0 spiro atoms. The van der Waals surface area contributed by atoms with Crippen LogP contribution in [0.3, 0.4) is 0 Å². The number of tetrazole rings is 1. The molecule has 0 saturated heterocycles. The fourth-order valence-corrected chi connectivity index (χ4v) is 2.51. The third kappa shape index (κ3) is 2.16. The van der Waals surface area contributed by atoms with Gasteiger partial charge in [-0.25, -0.2) is 4.79 Å². The van der Waals surface area contributed by atoms with Crippen LogP contribution in [-0.4, -0.2) is 35.9 Å². The van der Waals surface area contributed by atoms with Gasteiger partial charge in [-0.1, -0.05) is 0 Å². The van der Waals surface area contributed by atoms with E-state index in [1.807, 2.05) is 19.9 Å². The van der Waals surface area contributed by atoms with E-state index in [1.165, 1.54) is 4.80 Å². The van der Waals surface area contributed by atoms with Crippen LogP contribution in [0, 0.1) is 13.8 Å². The first kappa shape index (κ1) is 13.3. The second kappa shape index (κ2) is 4.69. The van der Waals surface area contributed by atoms with Crippen LogP contribution in [-0.2, 0) is 13.6 Å². The van der Waals surface area contributed by atoms with Gasteiger partial charge in [-0.3, -0.25) is 0 Å². The van der Waals surface area contributed by atoms with Crippen molar-refractivity contribution in [1.82, 2.24) is 24.8 Å². The van der Waals surface area contributed by atoms with Crippen LogP contribution < -0.4 is 0 Å². The Morgan fingerprint density at radius 2 is 2.10 bits per heavy atom. The highest BCUT2D eigenvalue weighted by Gasteiger charge is 2.15. The Bertz CT molecular complexity index is 847. The maximum Gasteiger partial charge on any atom is 0.335 e. The van der Waals surface area contributed by atoms with E-state index in [4.69, 9.17) is 5.11 Å². The van der Waals surface area contributed by atoms with E-state index in [2.05, 4.69) is 20.0 Å². The van der Waals surface area contributed by atoms with E-state index in [1.54, 1.807) is 19.2 Å². The summed E-state index contributed by atoms with van der Waals surface area (Å²) < 4.78 is 2.08. The fraction of sp³-hybridized carbons (Fsp3) is 0.286. The minimum atomic E-state index is -0.919. The van der Waals surface area contributed by atoms with Gasteiger partial charge in [0.05, 0.1) is 19.2 Å². The molecule has 7 heteroatoms. The zero-order valence-corrected chi connectivity index (χ0v) is 12.0. The Hall–Kier alpha value is -2.70. The molecular formula is C14H15N5O2. The molecule has 0 aliphatic carbocycles. The molecule has 0 aliphatic heterocycles. The first-order chi connectivity index (χ1) is 9.97. The summed E-state index contributed by atoms with van der Waals surface area (Å²) in [6.45, 7) is 4.51. The molecule has 0 unspecified atom stereocenters. The van der Waals surface area contributed by atoms with E-state index in [0.717, 1.165) is 22.2 Å². The lowest BCUT2D eigenvalue weighted by atomic mass is 10.1. The average Bonchev–Trinajstić information content (AvgIpc) is 2.96. The number of rotatable bonds is 3. The molecule has 3 rings (SSSR count). The third-order valence-electron chi connectivity index (χ3n) is 3.74. The molecule has 0 aliphatic rings. The minimum Gasteiger partial charge on any atom is -0.478 e. The van der Waals surface area contributed by atoms with Gasteiger partial charge in [-0.2, -0.15) is 4.80 Å². The monoisotopic (exact) mass is 285 g/mol. The second-order valence-electron chi connectivity index (χ2n) is 5.03. The van der Waals surface area contributed by atoms with Gasteiger partial charge in [0, 0.05) is 16.6 Å². The molecular weight excluding hydrogens is 270 g/mol. The number of nitrogens with zero attached hydrogens (tertiary/aromatic N) is 5. The van der Waals surface area contributed by atoms with Gasteiger partial charge >= 0.3 is 5.97 Å². The molecule has 1 N–H and O–H groups in total. The third-order valence-corrected chi connectivity index (χ3v) is 3.74. The van der Waals surface area contributed by atoms with Crippen LogP contribution in [0.4, 0.5) is 0 Å². The Kier molecular flexibility index (Phi) is 2.97. The van der Waals surface area contributed by atoms with Crippen molar-refractivity contribution in [3.05, 3.63) is 40.8 Å². The SMILES string of the molecule is Cc1c(C)n(Cc2nnn(C)n2)c2ccc(C(=O)O)cc12. The lowest BCUT2D eigenvalue weighted by Gasteiger charge is -2.05. The van der Waals surface area contributed by atoms with Crippen molar-refractivity contribution in [2.75, 3.05) is 0 Å². The van der Waals surface area contributed by atoms with Crippen LogP contribution >= 0.6 is 0 Å². The van der Waals surface area contributed by atoms with E-state index in [9.17, 15) is 4.79 Å². The Morgan fingerprint density at radius 3 is 2.71 bits per heavy atom. The number of carboxylic acid groups (broad SMARTS) is 1. The number of hydrogen-bond donors (Lipinski definition) is 1. The molecule has 2 heterocycles. The predicted octanol–water partition coefficient (Wildman–Crippen LogP) is 1.53. The first-order valence-corrected chi connectivity index (χ1v) is 6.53. The summed E-state index contributed by atoms with van der Waals surface area (Å²) in [5.74, 6) is -0.294. The molecule has 3 aromatic rings. The van der Waals surface area contributed by atoms with Crippen molar-refractivity contribution in [2.45, 2.75) is 20.4 Å². The molecule has 0 bridgehead atoms. The van der Waals surface area contributed by atoms with Gasteiger partial charge in [0.15, 0.2) is 5.82 Å². The number of aromatic nitrogens is 5. The van der Waals surface area contributed by atoms with Crippen LogP contribution in [0.25, 0.3) is 10.9 Å². The van der Waals surface area contributed by atoms with E-state index < -0.39 is 5.97 Å². The average molecular weight is 285 g/mol. The second-order valence-corrected chi connectivity index (χ2v) is 5.03. The van der Waals surface area contributed by atoms with E-state index >= 15 is 0 Å². The number of carboxylic acids is 1. The van der Waals surface area contributed by atoms with Crippen molar-refractivity contribution in [1.29, 1.82) is 0 Å². The van der Waals surface area contributed by atoms with Crippen molar-refractivity contribution in [3.63, 3.8) is 0 Å². The highest BCUT2D eigenvalue weighted by molar-refractivity contribution is 5.95. The molecule has 0 amide bonds. The zero-order chi connectivity index (χ0) is 15.1. The topological polar surface area (TPSA) is 85.8 Å². The van der Waals surface area contributed by atoms with Gasteiger partial charge in [0.1, 0.15) is 0 Å². The lowest BCUT2D eigenvalue weighted by molar-refractivity contribution is 0.0697. The van der Waals surface area contributed by atoms with Crippen LogP contribution in [0.1, 0.15) is 27.4 Å². The Morgan fingerprint density at radius 1 is 1.33 bits per heavy atom. The number of hydrogen-bond acceptors (Lipinski definition) is 4. The molecule has 2 aromatic heterocycles. The van der Waals surface area contributed by atoms with Crippen LogP contribution in [0.15, 0.2) is 18.2 Å². The normalized spacial score (nSPS) is 11.2. The van der Waals surface area contributed by atoms with Gasteiger partial charge in [0.25, 0.3) is 0 Å². The summed E-state index contributed by atoms with van der Waals surface area (Å²) in [5, 5.41) is 22.1. The predicted molar refractivity (Wildman–Crippen MR) is 76.3 cm³/mol. The van der Waals surface area contributed by atoms with Crippen molar-refractivity contribution in [3.8, 4) is 0 Å². The van der Waals surface area contributed by atoms with E-state index in [0.29, 0.717) is 17.9 Å². The Balaban J connectivity index is 2.14. The van der Waals surface area contributed by atoms with Crippen molar-refractivity contribution >= 4 is 16.9 Å². The molecule has 0 atom stereocenters. The maximum absolute atomic E-state index is 11.1. The van der Waals surface area contributed by atoms with Gasteiger partial charge in [0.2, 0.25) is 0 Å². The standard InChI is InChI=1S/C14H15N5O2/c1-8-9(2)19(7-13-15-17-18(3)16-13)12-5-4-10(14(20)21)6-11(8)12/h4-6H,7H2,1-3H3,(H,20,21). The summed E-state index contributed by atoms with van der Waals surface area (Å²) in [7, 11) is 1.72. The number of aromatic carboxylic acids is 1. The summed E-state index contributed by atoms with van der Waals surface area (Å²) >= 11 is 0. The number of benzene rings is 1. The smallest absolute Gasteiger partial charge is 0.335 e. The zero-order valence-electron chi connectivity index (χ0n) is 12.0. The van der Waals surface area contributed by atoms with Gasteiger partial charge < -0.3 is 9.67 Å². The summed E-state index contributed by atoms with van der Waals surface area (Å²) in [4.78, 5) is 12.5. The summed E-state index contributed by atoms with van der Waals surface area (Å²) in [6.07, 6.45) is 0. The van der Waals surface area contributed by atoms with Crippen molar-refractivity contribution in [2.24, 2.45) is 7.05 Å². The molecule has 1 aromatic carbocycles. The van der Waals surface area contributed by atoms with Crippen LogP contribution in [0.5, 0.6) is 0 Å². The van der Waals surface area contributed by atoms with Crippen LogP contribution in [0.2, 0.25) is 0 Å². The highest BCUT2D eigenvalue weighted by atomic mass is 16.4. The molecule has 0 radical (unpaired) electrons. The Labute approximate surface area is 120 Å². The lowest BCUT2D eigenvalue weighted by Crippen LogP contribution is -2.04.